The van der Waals surface area contributed by atoms with Crippen LogP contribution in [0.25, 0.3) is 0 Å². The molecule has 0 heterocycles. The Kier molecular flexibility index (Phi) is 5.20. The van der Waals surface area contributed by atoms with Gasteiger partial charge in [-0.2, -0.15) is 0 Å². The van der Waals surface area contributed by atoms with Crippen LogP contribution in [-0.2, 0) is 12.4 Å². The van der Waals surface area contributed by atoms with Gasteiger partial charge in [-0.05, 0) is 29.3 Å². The molecule has 0 unspecified atom stereocenters. The Bertz CT molecular complexity index is 647. The summed E-state index contributed by atoms with van der Waals surface area (Å²) >= 11 is 9.33. The van der Waals surface area contributed by atoms with Crippen molar-refractivity contribution in [1.29, 1.82) is 0 Å². The SMILES string of the molecule is CN(Cc1ccc(Br)cc1)c1ccc([N+](=O)[O-])cc1CCl. The molecule has 6 heteroatoms. The standard InChI is InChI=1S/C15H14BrClN2O2/c1-18(10-11-2-4-13(16)5-3-11)15-7-6-14(19(20)21)8-12(15)9-17/h2-8H,9-10H2,1H3. The van der Waals surface area contributed by atoms with E-state index in [0.717, 1.165) is 21.3 Å². The van der Waals surface area contributed by atoms with E-state index in [-0.39, 0.29) is 11.6 Å². The molecule has 0 saturated heterocycles. The van der Waals surface area contributed by atoms with Crippen LogP contribution in [0.5, 0.6) is 0 Å². The summed E-state index contributed by atoms with van der Waals surface area (Å²) < 4.78 is 1.03. The number of nitro benzene ring substituents is 1. The number of halogens is 2. The van der Waals surface area contributed by atoms with E-state index in [1.54, 1.807) is 6.07 Å². The summed E-state index contributed by atoms with van der Waals surface area (Å²) in [5, 5.41) is 10.8. The van der Waals surface area contributed by atoms with Gasteiger partial charge >= 0.3 is 0 Å². The Morgan fingerprint density at radius 1 is 1.24 bits per heavy atom. The van der Waals surface area contributed by atoms with Crippen molar-refractivity contribution in [2.75, 3.05) is 11.9 Å². The van der Waals surface area contributed by atoms with Crippen LogP contribution in [0.4, 0.5) is 11.4 Å². The molecule has 0 fully saturated rings. The number of alkyl halides is 1. The third-order valence-electron chi connectivity index (χ3n) is 3.16. The zero-order valence-corrected chi connectivity index (χ0v) is 13.8. The molecule has 4 nitrogen and oxygen atoms in total. The highest BCUT2D eigenvalue weighted by Crippen LogP contribution is 2.27. The predicted molar refractivity (Wildman–Crippen MR) is 88.9 cm³/mol. The predicted octanol–water partition coefficient (Wildman–Crippen LogP) is 4.73. The van der Waals surface area contributed by atoms with Crippen LogP contribution in [0.3, 0.4) is 0 Å². The van der Waals surface area contributed by atoms with Crippen LogP contribution in [0.2, 0.25) is 0 Å². The molecule has 0 amide bonds. The number of non-ortho nitro benzene ring substituents is 1. The van der Waals surface area contributed by atoms with Crippen molar-refractivity contribution < 1.29 is 4.92 Å². The Labute approximate surface area is 136 Å². The summed E-state index contributed by atoms with van der Waals surface area (Å²) in [6.07, 6.45) is 0. The zero-order chi connectivity index (χ0) is 15.4. The maximum absolute atomic E-state index is 10.8. The first-order valence-corrected chi connectivity index (χ1v) is 7.63. The second-order valence-electron chi connectivity index (χ2n) is 4.69. The summed E-state index contributed by atoms with van der Waals surface area (Å²) in [7, 11) is 1.94. The molecular formula is C15H14BrClN2O2. The summed E-state index contributed by atoms with van der Waals surface area (Å²) in [6.45, 7) is 0.703. The Balaban J connectivity index is 2.23. The van der Waals surface area contributed by atoms with Gasteiger partial charge in [-0.3, -0.25) is 10.1 Å². The first-order chi connectivity index (χ1) is 10.0. The van der Waals surface area contributed by atoms with Crippen LogP contribution in [0.15, 0.2) is 46.9 Å². The average Bonchev–Trinajstić information content (AvgIpc) is 2.48. The lowest BCUT2D eigenvalue weighted by Crippen LogP contribution is -2.17. The van der Waals surface area contributed by atoms with Gasteiger partial charge in [0.25, 0.3) is 5.69 Å². The number of hydrogen-bond acceptors (Lipinski definition) is 3. The van der Waals surface area contributed by atoms with Gasteiger partial charge in [-0.25, -0.2) is 0 Å². The first-order valence-electron chi connectivity index (χ1n) is 6.30. The molecule has 0 spiro atoms. The van der Waals surface area contributed by atoms with Crippen molar-refractivity contribution in [3.05, 3.63) is 68.2 Å². The topological polar surface area (TPSA) is 46.4 Å². The van der Waals surface area contributed by atoms with E-state index >= 15 is 0 Å². The molecule has 0 radical (unpaired) electrons. The molecule has 0 atom stereocenters. The molecule has 0 aliphatic carbocycles. The second kappa shape index (κ2) is 6.91. The molecule has 0 aliphatic heterocycles. The molecule has 110 valence electrons. The normalized spacial score (nSPS) is 10.4. The molecule has 0 aromatic heterocycles. The average molecular weight is 370 g/mol. The van der Waals surface area contributed by atoms with Crippen molar-refractivity contribution in [2.45, 2.75) is 12.4 Å². The van der Waals surface area contributed by atoms with Gasteiger partial charge in [0.1, 0.15) is 0 Å². The smallest absolute Gasteiger partial charge is 0.269 e. The Hall–Kier alpha value is -1.59. The summed E-state index contributed by atoms with van der Waals surface area (Å²) in [4.78, 5) is 12.4. The van der Waals surface area contributed by atoms with Gasteiger partial charge in [0, 0.05) is 41.8 Å². The molecular weight excluding hydrogens is 356 g/mol. The molecule has 2 rings (SSSR count). The fourth-order valence-corrected chi connectivity index (χ4v) is 2.59. The molecule has 0 saturated carbocycles. The number of hydrogen-bond donors (Lipinski definition) is 0. The summed E-state index contributed by atoms with van der Waals surface area (Å²) in [5.41, 5.74) is 2.87. The van der Waals surface area contributed by atoms with Crippen molar-refractivity contribution in [2.24, 2.45) is 0 Å². The molecule has 0 aliphatic rings. The highest BCUT2D eigenvalue weighted by molar-refractivity contribution is 9.10. The van der Waals surface area contributed by atoms with Crippen LogP contribution in [0.1, 0.15) is 11.1 Å². The van der Waals surface area contributed by atoms with Crippen molar-refractivity contribution in [3.63, 3.8) is 0 Å². The van der Waals surface area contributed by atoms with Gasteiger partial charge in [0.05, 0.1) is 4.92 Å². The first kappa shape index (κ1) is 15.8. The zero-order valence-electron chi connectivity index (χ0n) is 11.4. The van der Waals surface area contributed by atoms with Gasteiger partial charge in [0.15, 0.2) is 0 Å². The lowest BCUT2D eigenvalue weighted by molar-refractivity contribution is -0.384. The van der Waals surface area contributed by atoms with E-state index in [1.165, 1.54) is 12.1 Å². The van der Waals surface area contributed by atoms with Crippen molar-refractivity contribution in [3.8, 4) is 0 Å². The summed E-state index contributed by atoms with van der Waals surface area (Å²) in [6, 6.07) is 12.8. The highest BCUT2D eigenvalue weighted by atomic mass is 79.9. The van der Waals surface area contributed by atoms with Gasteiger partial charge in [0.2, 0.25) is 0 Å². The highest BCUT2D eigenvalue weighted by Gasteiger charge is 2.13. The fourth-order valence-electron chi connectivity index (χ4n) is 2.11. The van der Waals surface area contributed by atoms with E-state index in [4.69, 9.17) is 11.6 Å². The lowest BCUT2D eigenvalue weighted by Gasteiger charge is -2.22. The molecule has 0 N–H and O–H groups in total. The van der Waals surface area contributed by atoms with Crippen molar-refractivity contribution in [1.82, 2.24) is 0 Å². The van der Waals surface area contributed by atoms with Crippen LogP contribution >= 0.6 is 27.5 Å². The minimum Gasteiger partial charge on any atom is -0.370 e. The van der Waals surface area contributed by atoms with Gasteiger partial charge in [-0.1, -0.05) is 28.1 Å². The third kappa shape index (κ3) is 3.95. The van der Waals surface area contributed by atoms with Crippen LogP contribution in [0, 0.1) is 10.1 Å². The quantitative estimate of drug-likeness (QED) is 0.435. The third-order valence-corrected chi connectivity index (χ3v) is 3.98. The minimum atomic E-state index is -0.408. The number of nitrogens with zero attached hydrogens (tertiary/aromatic N) is 2. The van der Waals surface area contributed by atoms with E-state index in [0.29, 0.717) is 6.54 Å². The van der Waals surface area contributed by atoms with Crippen molar-refractivity contribution >= 4 is 38.9 Å². The monoisotopic (exact) mass is 368 g/mol. The molecule has 21 heavy (non-hydrogen) atoms. The minimum absolute atomic E-state index is 0.0615. The lowest BCUT2D eigenvalue weighted by atomic mass is 10.1. The second-order valence-corrected chi connectivity index (χ2v) is 5.87. The van der Waals surface area contributed by atoms with Gasteiger partial charge in [-0.15, -0.1) is 11.6 Å². The molecule has 0 bridgehead atoms. The van der Waals surface area contributed by atoms with Gasteiger partial charge < -0.3 is 4.90 Å². The maximum Gasteiger partial charge on any atom is 0.269 e. The van der Waals surface area contributed by atoms with E-state index in [9.17, 15) is 10.1 Å². The number of benzene rings is 2. The largest absolute Gasteiger partial charge is 0.370 e. The van der Waals surface area contributed by atoms with E-state index in [1.807, 2.05) is 36.2 Å². The Morgan fingerprint density at radius 3 is 2.48 bits per heavy atom. The maximum atomic E-state index is 10.8. The summed E-state index contributed by atoms with van der Waals surface area (Å²) in [5.74, 6) is 0.238. The molecule has 2 aromatic carbocycles. The van der Waals surface area contributed by atoms with E-state index in [2.05, 4.69) is 15.9 Å². The fraction of sp³-hybridized carbons (Fsp3) is 0.200. The Morgan fingerprint density at radius 2 is 1.90 bits per heavy atom. The van der Waals surface area contributed by atoms with Crippen LogP contribution < -0.4 is 4.90 Å². The number of nitro groups is 1. The van der Waals surface area contributed by atoms with Crippen LogP contribution in [-0.4, -0.2) is 12.0 Å². The number of anilines is 1. The number of rotatable bonds is 5. The van der Waals surface area contributed by atoms with E-state index < -0.39 is 4.92 Å². The molecule has 2 aromatic rings.